The number of hydrogen-bond acceptors (Lipinski definition) is 8. The number of amides is 1. The van der Waals surface area contributed by atoms with Gasteiger partial charge < -0.3 is 10.1 Å². The molecule has 2 aromatic rings. The Labute approximate surface area is 165 Å². The number of rotatable bonds is 6. The monoisotopic (exact) mass is 424 g/mol. The molecule has 0 radical (unpaired) electrons. The number of hydrogen-bond donors (Lipinski definition) is 1. The first-order valence-electron chi connectivity index (χ1n) is 7.67. The molecule has 1 N–H and O–H groups in total. The number of thioether (sulfide) groups is 1. The lowest BCUT2D eigenvalue weighted by atomic mass is 10.2. The van der Waals surface area contributed by atoms with Crippen molar-refractivity contribution in [1.29, 1.82) is 5.26 Å². The van der Waals surface area contributed by atoms with Gasteiger partial charge in [-0.15, -0.1) is 11.3 Å². The van der Waals surface area contributed by atoms with Gasteiger partial charge in [-0.25, -0.2) is 13.2 Å². The fourth-order valence-electron chi connectivity index (χ4n) is 2.29. The van der Waals surface area contributed by atoms with Crippen LogP contribution in [0, 0.1) is 17.6 Å². The SMILES string of the molecule is CCOC(=O)c1sc(NC(=O)c2ccccc2S(C)(=O)=O)c(SC#N)c1C. The van der Waals surface area contributed by atoms with Crippen LogP contribution in [0.3, 0.4) is 0 Å². The number of benzene rings is 1. The normalized spacial score (nSPS) is 10.9. The molecule has 10 heteroatoms. The molecule has 0 fully saturated rings. The second kappa shape index (κ2) is 8.56. The summed E-state index contributed by atoms with van der Waals surface area (Å²) in [7, 11) is -3.60. The van der Waals surface area contributed by atoms with Gasteiger partial charge in [-0.3, -0.25) is 4.79 Å². The Bertz CT molecular complexity index is 1040. The van der Waals surface area contributed by atoms with Gasteiger partial charge in [0.15, 0.2) is 9.84 Å². The Morgan fingerprint density at radius 1 is 1.33 bits per heavy atom. The molecule has 1 aromatic heterocycles. The Hall–Kier alpha value is -2.35. The quantitative estimate of drug-likeness (QED) is 0.429. The maximum Gasteiger partial charge on any atom is 0.348 e. The predicted molar refractivity (Wildman–Crippen MR) is 104 cm³/mol. The molecule has 0 saturated heterocycles. The lowest BCUT2D eigenvalue weighted by Crippen LogP contribution is -2.15. The van der Waals surface area contributed by atoms with Crippen molar-refractivity contribution in [2.45, 2.75) is 23.6 Å². The molecular formula is C17H16N2O5S3. The van der Waals surface area contributed by atoms with Crippen LogP contribution in [0.5, 0.6) is 0 Å². The molecule has 0 saturated carbocycles. The Kier molecular flexibility index (Phi) is 6.64. The molecule has 7 nitrogen and oxygen atoms in total. The Balaban J connectivity index is 2.46. The van der Waals surface area contributed by atoms with E-state index < -0.39 is 21.7 Å². The number of nitrogens with one attached hydrogen (secondary N) is 1. The molecule has 1 aromatic carbocycles. The zero-order valence-corrected chi connectivity index (χ0v) is 17.2. The first kappa shape index (κ1) is 21.0. The van der Waals surface area contributed by atoms with Crippen LogP contribution >= 0.6 is 23.1 Å². The standard InChI is InChI=1S/C17H16N2O5S3/c1-4-24-17(21)14-10(2)13(25-9-18)16(26-14)19-15(20)11-7-5-6-8-12(11)27(3,22)23/h5-8H,4H2,1-3H3,(H,19,20). The number of esters is 1. The van der Waals surface area contributed by atoms with E-state index in [4.69, 9.17) is 10.00 Å². The van der Waals surface area contributed by atoms with Crippen molar-refractivity contribution in [2.24, 2.45) is 0 Å². The summed E-state index contributed by atoms with van der Waals surface area (Å²) in [5.74, 6) is -1.19. The number of thiophene rings is 1. The van der Waals surface area contributed by atoms with Gasteiger partial charge in [0.05, 0.1) is 22.0 Å². The molecule has 0 unspecified atom stereocenters. The highest BCUT2D eigenvalue weighted by Gasteiger charge is 2.25. The molecule has 142 valence electrons. The van der Waals surface area contributed by atoms with Gasteiger partial charge in [-0.2, -0.15) is 5.26 Å². The van der Waals surface area contributed by atoms with E-state index in [2.05, 4.69) is 5.32 Å². The van der Waals surface area contributed by atoms with Crippen molar-refractivity contribution in [2.75, 3.05) is 18.2 Å². The summed E-state index contributed by atoms with van der Waals surface area (Å²) < 4.78 is 28.8. The molecule has 1 heterocycles. The van der Waals surface area contributed by atoms with Crippen LogP contribution in [0.15, 0.2) is 34.1 Å². The van der Waals surface area contributed by atoms with Crippen molar-refractivity contribution < 1.29 is 22.7 Å². The summed E-state index contributed by atoms with van der Waals surface area (Å²) in [6.45, 7) is 3.53. The minimum atomic E-state index is -3.60. The lowest BCUT2D eigenvalue weighted by molar-refractivity contribution is 0.0531. The lowest BCUT2D eigenvalue weighted by Gasteiger charge is -2.08. The van der Waals surface area contributed by atoms with Crippen molar-refractivity contribution in [3.8, 4) is 5.40 Å². The van der Waals surface area contributed by atoms with Gasteiger partial charge in [0.25, 0.3) is 5.91 Å². The number of nitrogens with zero attached hydrogens (tertiary/aromatic N) is 1. The van der Waals surface area contributed by atoms with E-state index in [0.29, 0.717) is 10.5 Å². The van der Waals surface area contributed by atoms with Crippen LogP contribution in [-0.4, -0.2) is 33.2 Å². The van der Waals surface area contributed by atoms with E-state index in [-0.39, 0.29) is 26.9 Å². The fraction of sp³-hybridized carbons (Fsp3) is 0.235. The molecular weight excluding hydrogens is 408 g/mol. The number of anilines is 1. The average Bonchev–Trinajstić information content (AvgIpc) is 2.91. The van der Waals surface area contributed by atoms with Gasteiger partial charge in [0, 0.05) is 6.26 Å². The number of ether oxygens (including phenoxy) is 1. The third-order valence-corrected chi connectivity index (χ3v) is 6.74. The largest absolute Gasteiger partial charge is 0.462 e. The third kappa shape index (κ3) is 4.68. The topological polar surface area (TPSA) is 113 Å². The van der Waals surface area contributed by atoms with Crippen molar-refractivity contribution >= 4 is 49.8 Å². The fourth-order valence-corrected chi connectivity index (χ4v) is 4.97. The molecule has 0 spiro atoms. The smallest absolute Gasteiger partial charge is 0.348 e. The first-order valence-corrected chi connectivity index (χ1v) is 11.2. The van der Waals surface area contributed by atoms with Crippen LogP contribution in [0.4, 0.5) is 5.00 Å². The second-order valence-corrected chi connectivity index (χ2v) is 9.15. The van der Waals surface area contributed by atoms with Gasteiger partial charge in [-0.05, 0) is 43.3 Å². The molecule has 0 atom stereocenters. The summed E-state index contributed by atoms with van der Waals surface area (Å²) in [6.07, 6.45) is 1.02. The van der Waals surface area contributed by atoms with Crippen molar-refractivity contribution in [3.05, 3.63) is 40.3 Å². The highest BCUT2D eigenvalue weighted by atomic mass is 32.2. The number of sulfone groups is 1. The summed E-state index contributed by atoms with van der Waals surface area (Å²) in [6, 6.07) is 5.82. The summed E-state index contributed by atoms with van der Waals surface area (Å²) in [5.41, 5.74) is 0.508. The molecule has 27 heavy (non-hydrogen) atoms. The Morgan fingerprint density at radius 3 is 2.59 bits per heavy atom. The summed E-state index contributed by atoms with van der Waals surface area (Å²) in [5, 5.41) is 13.9. The predicted octanol–water partition coefficient (Wildman–Crippen LogP) is 3.46. The minimum Gasteiger partial charge on any atom is -0.462 e. The maximum absolute atomic E-state index is 12.7. The van der Waals surface area contributed by atoms with Crippen LogP contribution in [-0.2, 0) is 14.6 Å². The van der Waals surface area contributed by atoms with Crippen LogP contribution in [0.2, 0.25) is 0 Å². The van der Waals surface area contributed by atoms with Gasteiger partial charge >= 0.3 is 5.97 Å². The van der Waals surface area contributed by atoms with Crippen LogP contribution in [0.1, 0.15) is 32.5 Å². The molecule has 0 bridgehead atoms. The molecule has 0 aliphatic heterocycles. The van der Waals surface area contributed by atoms with Crippen molar-refractivity contribution in [3.63, 3.8) is 0 Å². The van der Waals surface area contributed by atoms with E-state index in [9.17, 15) is 18.0 Å². The summed E-state index contributed by atoms with van der Waals surface area (Å²) in [4.78, 5) is 25.4. The number of carbonyl (C=O) groups is 2. The van der Waals surface area contributed by atoms with Crippen molar-refractivity contribution in [1.82, 2.24) is 0 Å². The third-order valence-electron chi connectivity index (χ3n) is 3.46. The van der Waals surface area contributed by atoms with E-state index in [1.165, 1.54) is 18.2 Å². The second-order valence-electron chi connectivity index (χ2n) is 5.35. The first-order chi connectivity index (χ1) is 12.7. The molecule has 2 rings (SSSR count). The number of thiocyanates is 1. The Morgan fingerprint density at radius 2 is 2.00 bits per heavy atom. The average molecular weight is 425 g/mol. The van der Waals surface area contributed by atoms with E-state index in [0.717, 1.165) is 29.4 Å². The maximum atomic E-state index is 12.7. The van der Waals surface area contributed by atoms with Gasteiger partial charge in [0.2, 0.25) is 0 Å². The highest BCUT2D eigenvalue weighted by molar-refractivity contribution is 8.04. The number of nitriles is 1. The van der Waals surface area contributed by atoms with E-state index >= 15 is 0 Å². The van der Waals surface area contributed by atoms with Crippen LogP contribution < -0.4 is 5.32 Å². The summed E-state index contributed by atoms with van der Waals surface area (Å²) >= 11 is 1.79. The molecule has 1 amide bonds. The zero-order chi connectivity index (χ0) is 20.2. The molecule has 0 aliphatic rings. The van der Waals surface area contributed by atoms with Gasteiger partial charge in [-0.1, -0.05) is 12.1 Å². The highest BCUT2D eigenvalue weighted by Crippen LogP contribution is 2.40. The van der Waals surface area contributed by atoms with Crippen LogP contribution in [0.25, 0.3) is 0 Å². The van der Waals surface area contributed by atoms with E-state index in [1.807, 2.05) is 5.40 Å². The van der Waals surface area contributed by atoms with E-state index in [1.54, 1.807) is 19.9 Å². The van der Waals surface area contributed by atoms with Gasteiger partial charge in [0.1, 0.15) is 15.3 Å². The number of carbonyl (C=O) groups excluding carboxylic acids is 2. The minimum absolute atomic E-state index is 0.0170. The molecule has 0 aliphatic carbocycles. The zero-order valence-electron chi connectivity index (χ0n) is 14.7.